The molecule has 0 unspecified atom stereocenters. The Morgan fingerprint density at radius 2 is 2.12 bits per heavy atom. The quantitative estimate of drug-likeness (QED) is 0.934. The number of carbonyl (C=O) groups excluding carboxylic acids is 2. The van der Waals surface area contributed by atoms with Crippen molar-refractivity contribution in [1.82, 2.24) is 14.9 Å². The smallest absolute Gasteiger partial charge is 0.259 e. The molecule has 6 heteroatoms. The van der Waals surface area contributed by atoms with Crippen LogP contribution in [0.1, 0.15) is 56.6 Å². The molecule has 1 fully saturated rings. The van der Waals surface area contributed by atoms with Gasteiger partial charge in [-0.05, 0) is 49.9 Å². The minimum atomic E-state index is -0.193. The Bertz CT molecular complexity index is 874. The number of rotatable bonds is 3. The van der Waals surface area contributed by atoms with Crippen molar-refractivity contribution in [2.24, 2.45) is 0 Å². The van der Waals surface area contributed by atoms with Crippen LogP contribution in [-0.4, -0.2) is 40.3 Å². The largest absolute Gasteiger partial charge is 0.341 e. The number of anilines is 1. The molecule has 128 valence electrons. The van der Waals surface area contributed by atoms with Gasteiger partial charge in [-0.15, -0.1) is 0 Å². The average Bonchev–Trinajstić information content (AvgIpc) is 3.43. The van der Waals surface area contributed by atoms with Crippen LogP contribution in [0.2, 0.25) is 0 Å². The van der Waals surface area contributed by atoms with E-state index in [2.05, 4.69) is 15.3 Å². The van der Waals surface area contributed by atoms with Gasteiger partial charge in [0.25, 0.3) is 11.8 Å². The summed E-state index contributed by atoms with van der Waals surface area (Å²) >= 11 is 0. The van der Waals surface area contributed by atoms with E-state index in [0.29, 0.717) is 35.1 Å². The maximum absolute atomic E-state index is 12.7. The summed E-state index contributed by atoms with van der Waals surface area (Å²) in [6.45, 7) is 2.53. The van der Waals surface area contributed by atoms with Gasteiger partial charge in [0.1, 0.15) is 5.82 Å². The highest BCUT2D eigenvalue weighted by Gasteiger charge is 2.30. The number of aryl methyl sites for hydroxylation is 1. The number of nitrogens with one attached hydrogen (secondary N) is 1. The lowest BCUT2D eigenvalue weighted by Crippen LogP contribution is -2.34. The molecular formula is C19H20N4O2. The molecule has 4 rings (SSSR count). The van der Waals surface area contributed by atoms with Crippen LogP contribution in [0.15, 0.2) is 24.4 Å². The molecule has 6 nitrogen and oxygen atoms in total. The van der Waals surface area contributed by atoms with E-state index < -0.39 is 0 Å². The Morgan fingerprint density at radius 3 is 2.88 bits per heavy atom. The Hall–Kier alpha value is -2.76. The number of nitrogens with zero attached hydrogens (tertiary/aromatic N) is 3. The number of aromatic nitrogens is 2. The van der Waals surface area contributed by atoms with Crippen molar-refractivity contribution in [3.63, 3.8) is 0 Å². The molecule has 1 aromatic carbocycles. The summed E-state index contributed by atoms with van der Waals surface area (Å²) in [5.41, 5.74) is 3.78. The zero-order valence-corrected chi connectivity index (χ0v) is 14.4. The van der Waals surface area contributed by atoms with Crippen molar-refractivity contribution in [3.8, 4) is 0 Å². The first-order valence-electron chi connectivity index (χ1n) is 8.56. The molecule has 0 bridgehead atoms. The van der Waals surface area contributed by atoms with Crippen LogP contribution in [-0.2, 0) is 6.42 Å². The molecule has 2 amide bonds. The summed E-state index contributed by atoms with van der Waals surface area (Å²) in [5.74, 6) is 0.900. The lowest BCUT2D eigenvalue weighted by Gasteiger charge is -2.25. The van der Waals surface area contributed by atoms with E-state index in [0.717, 1.165) is 30.5 Å². The number of amides is 2. The minimum Gasteiger partial charge on any atom is -0.341 e. The van der Waals surface area contributed by atoms with Gasteiger partial charge < -0.3 is 10.2 Å². The van der Waals surface area contributed by atoms with Crippen molar-refractivity contribution in [1.29, 1.82) is 0 Å². The molecule has 1 saturated carbocycles. The van der Waals surface area contributed by atoms with Crippen molar-refractivity contribution in [2.75, 3.05) is 18.9 Å². The molecule has 2 aliphatic rings. The van der Waals surface area contributed by atoms with E-state index in [1.165, 1.54) is 0 Å². The minimum absolute atomic E-state index is 0.0297. The molecule has 1 aliphatic carbocycles. The monoisotopic (exact) mass is 336 g/mol. The summed E-state index contributed by atoms with van der Waals surface area (Å²) in [5, 5.41) is 2.93. The number of fused-ring (bicyclic) bond motifs is 1. The van der Waals surface area contributed by atoms with Gasteiger partial charge in [-0.1, -0.05) is 0 Å². The maximum Gasteiger partial charge on any atom is 0.259 e. The molecule has 0 radical (unpaired) electrons. The van der Waals surface area contributed by atoms with E-state index in [1.807, 2.05) is 13.0 Å². The van der Waals surface area contributed by atoms with E-state index in [9.17, 15) is 9.59 Å². The average molecular weight is 336 g/mol. The second kappa shape index (κ2) is 5.95. The van der Waals surface area contributed by atoms with E-state index >= 15 is 0 Å². The van der Waals surface area contributed by atoms with Crippen molar-refractivity contribution < 1.29 is 9.59 Å². The number of likely N-dealkylation sites (N-methyl/N-ethyl adjacent to an activating group) is 1. The van der Waals surface area contributed by atoms with Gasteiger partial charge in [0, 0.05) is 37.0 Å². The lowest BCUT2D eigenvalue weighted by atomic mass is 9.98. The zero-order valence-electron chi connectivity index (χ0n) is 14.4. The summed E-state index contributed by atoms with van der Waals surface area (Å²) in [7, 11) is 1.80. The zero-order chi connectivity index (χ0) is 17.6. The third-order valence-electron chi connectivity index (χ3n) is 4.80. The second-order valence-electron chi connectivity index (χ2n) is 6.79. The van der Waals surface area contributed by atoms with Crippen LogP contribution in [0.4, 0.5) is 5.69 Å². The first-order chi connectivity index (χ1) is 12.0. The van der Waals surface area contributed by atoms with Crippen LogP contribution in [0.5, 0.6) is 0 Å². The predicted octanol–water partition coefficient (Wildman–Crippen LogP) is 2.54. The van der Waals surface area contributed by atoms with Crippen LogP contribution in [0.25, 0.3) is 0 Å². The number of hydrogen-bond acceptors (Lipinski definition) is 4. The fraction of sp³-hybridized carbons (Fsp3) is 0.368. The summed E-state index contributed by atoms with van der Waals surface area (Å²) in [6.07, 6.45) is 4.56. The van der Waals surface area contributed by atoms with Crippen LogP contribution in [0, 0.1) is 6.92 Å². The first kappa shape index (κ1) is 15.7. The third kappa shape index (κ3) is 2.99. The van der Waals surface area contributed by atoms with Gasteiger partial charge in [0.15, 0.2) is 0 Å². The van der Waals surface area contributed by atoms with E-state index in [1.54, 1.807) is 30.3 Å². The lowest BCUT2D eigenvalue weighted by molar-refractivity contribution is 0.0781. The number of hydrogen-bond donors (Lipinski definition) is 1. The Kier molecular flexibility index (Phi) is 3.75. The second-order valence-corrected chi connectivity index (χ2v) is 6.79. The van der Waals surface area contributed by atoms with Gasteiger partial charge in [0.2, 0.25) is 0 Å². The van der Waals surface area contributed by atoms with Gasteiger partial charge in [-0.2, -0.15) is 0 Å². The van der Waals surface area contributed by atoms with Crippen LogP contribution in [0.3, 0.4) is 0 Å². The van der Waals surface area contributed by atoms with E-state index in [4.69, 9.17) is 0 Å². The number of carbonyl (C=O) groups is 2. The fourth-order valence-electron chi connectivity index (χ4n) is 3.21. The Morgan fingerprint density at radius 1 is 1.32 bits per heavy atom. The van der Waals surface area contributed by atoms with Gasteiger partial charge >= 0.3 is 0 Å². The molecule has 1 N–H and O–H groups in total. The summed E-state index contributed by atoms with van der Waals surface area (Å²) in [6, 6.07) is 5.46. The molecular weight excluding hydrogens is 316 g/mol. The highest BCUT2D eigenvalue weighted by molar-refractivity contribution is 6.05. The molecule has 0 atom stereocenters. The Balaban J connectivity index is 1.59. The van der Waals surface area contributed by atoms with Crippen molar-refractivity contribution in [3.05, 3.63) is 52.6 Å². The van der Waals surface area contributed by atoms with E-state index in [-0.39, 0.29) is 11.8 Å². The fourth-order valence-corrected chi connectivity index (χ4v) is 3.21. The topological polar surface area (TPSA) is 75.2 Å². The summed E-state index contributed by atoms with van der Waals surface area (Å²) < 4.78 is 0. The van der Waals surface area contributed by atoms with Gasteiger partial charge in [-0.3, -0.25) is 9.59 Å². The third-order valence-corrected chi connectivity index (χ3v) is 4.80. The van der Waals surface area contributed by atoms with Crippen LogP contribution < -0.4 is 5.32 Å². The first-order valence-corrected chi connectivity index (χ1v) is 8.56. The molecule has 1 aliphatic heterocycles. The molecule has 2 heterocycles. The van der Waals surface area contributed by atoms with Crippen LogP contribution >= 0.6 is 0 Å². The highest BCUT2D eigenvalue weighted by Crippen LogP contribution is 2.40. The molecule has 0 spiro atoms. The maximum atomic E-state index is 12.7. The number of benzene rings is 1. The van der Waals surface area contributed by atoms with Gasteiger partial charge in [0.05, 0.1) is 11.3 Å². The Labute approximate surface area is 146 Å². The summed E-state index contributed by atoms with van der Waals surface area (Å²) in [4.78, 5) is 35.2. The standard InChI is InChI=1S/C19H20N4O2/c1-11-20-10-16(17(21-11)12-3-4-12)18(24)22-14-5-6-15-13(9-14)7-8-23(2)19(15)25/h5-6,9-10,12H,3-4,7-8H2,1-2H3,(H,22,24). The molecule has 2 aromatic rings. The predicted molar refractivity (Wildman–Crippen MR) is 93.8 cm³/mol. The molecule has 0 saturated heterocycles. The molecule has 1 aromatic heterocycles. The highest BCUT2D eigenvalue weighted by atomic mass is 16.2. The van der Waals surface area contributed by atoms with Gasteiger partial charge in [-0.25, -0.2) is 9.97 Å². The van der Waals surface area contributed by atoms with Crippen molar-refractivity contribution in [2.45, 2.75) is 32.1 Å². The molecule has 25 heavy (non-hydrogen) atoms. The SMILES string of the molecule is Cc1ncc(C(=O)Nc2ccc3c(c2)CCN(C)C3=O)c(C2CC2)n1. The van der Waals surface area contributed by atoms with Crippen molar-refractivity contribution >= 4 is 17.5 Å². The normalized spacial score (nSPS) is 16.6.